The number of benzene rings is 2. The number of halogens is 1. The summed E-state index contributed by atoms with van der Waals surface area (Å²) in [4.78, 5) is 22.6. The van der Waals surface area contributed by atoms with Crippen LogP contribution in [0.15, 0.2) is 42.5 Å². The van der Waals surface area contributed by atoms with Gasteiger partial charge in [-0.1, -0.05) is 32.0 Å². The Morgan fingerprint density at radius 2 is 1.85 bits per heavy atom. The first-order valence-corrected chi connectivity index (χ1v) is 8.31. The summed E-state index contributed by atoms with van der Waals surface area (Å²) in [5, 5.41) is 16.7. The highest BCUT2D eigenvalue weighted by Crippen LogP contribution is 2.23. The van der Waals surface area contributed by atoms with Gasteiger partial charge in [-0.25, -0.2) is 4.39 Å². The van der Waals surface area contributed by atoms with Gasteiger partial charge in [0.15, 0.2) is 0 Å². The summed E-state index contributed by atoms with van der Waals surface area (Å²) >= 11 is 0. The number of anilines is 1. The topological polar surface area (TPSA) is 84.3 Å². The minimum absolute atomic E-state index is 0.0301. The molecule has 0 spiro atoms. The summed E-state index contributed by atoms with van der Waals surface area (Å²) in [6.45, 7) is 5.80. The molecule has 0 saturated heterocycles. The molecule has 0 aromatic heterocycles. The molecule has 0 heterocycles. The molecule has 1 amide bonds. The number of carbonyl (C=O) groups excluding carboxylic acids is 1. The second kappa shape index (κ2) is 8.53. The average Bonchev–Trinajstić information content (AvgIpc) is 2.58. The van der Waals surface area contributed by atoms with Crippen LogP contribution in [0.5, 0.6) is 0 Å². The van der Waals surface area contributed by atoms with Crippen LogP contribution in [0, 0.1) is 28.8 Å². The van der Waals surface area contributed by atoms with Gasteiger partial charge in [-0.15, -0.1) is 0 Å². The zero-order valence-electron chi connectivity index (χ0n) is 15.0. The molecule has 2 aromatic carbocycles. The maximum Gasteiger partial charge on any atom is 0.271 e. The number of hydrogen-bond acceptors (Lipinski definition) is 4. The molecule has 0 aliphatic carbocycles. The van der Waals surface area contributed by atoms with Crippen molar-refractivity contribution in [1.29, 1.82) is 0 Å². The number of nitro benzene ring substituents is 1. The van der Waals surface area contributed by atoms with Gasteiger partial charge < -0.3 is 10.6 Å². The van der Waals surface area contributed by atoms with Crippen LogP contribution in [0.25, 0.3) is 0 Å². The molecular formula is C19H22FN3O3. The van der Waals surface area contributed by atoms with Crippen molar-refractivity contribution in [2.45, 2.75) is 26.8 Å². The molecule has 7 heteroatoms. The molecule has 0 saturated carbocycles. The van der Waals surface area contributed by atoms with E-state index in [4.69, 9.17) is 0 Å². The monoisotopic (exact) mass is 359 g/mol. The lowest BCUT2D eigenvalue weighted by Crippen LogP contribution is -2.33. The van der Waals surface area contributed by atoms with Crippen LogP contribution >= 0.6 is 0 Å². The molecule has 1 atom stereocenters. The third-order valence-corrected chi connectivity index (χ3v) is 4.08. The Labute approximate surface area is 151 Å². The molecule has 6 nitrogen and oxygen atoms in total. The van der Waals surface area contributed by atoms with Crippen molar-refractivity contribution >= 4 is 17.3 Å². The first-order chi connectivity index (χ1) is 12.3. The highest BCUT2D eigenvalue weighted by atomic mass is 19.1. The van der Waals surface area contributed by atoms with Crippen molar-refractivity contribution in [1.82, 2.24) is 5.32 Å². The fraction of sp³-hybridized carbons (Fsp3) is 0.316. The van der Waals surface area contributed by atoms with E-state index in [0.29, 0.717) is 5.69 Å². The zero-order valence-corrected chi connectivity index (χ0v) is 15.0. The zero-order chi connectivity index (χ0) is 19.3. The van der Waals surface area contributed by atoms with Gasteiger partial charge in [-0.3, -0.25) is 14.9 Å². The van der Waals surface area contributed by atoms with Crippen molar-refractivity contribution in [3.05, 3.63) is 69.5 Å². The molecule has 26 heavy (non-hydrogen) atoms. The van der Waals surface area contributed by atoms with Crippen molar-refractivity contribution < 1.29 is 14.1 Å². The molecule has 0 unspecified atom stereocenters. The van der Waals surface area contributed by atoms with E-state index in [2.05, 4.69) is 10.6 Å². The molecular weight excluding hydrogens is 337 g/mol. The first-order valence-electron chi connectivity index (χ1n) is 8.31. The fourth-order valence-electron chi connectivity index (χ4n) is 2.66. The largest absolute Gasteiger partial charge is 0.324 e. The van der Waals surface area contributed by atoms with Crippen molar-refractivity contribution in [2.24, 2.45) is 5.92 Å². The number of carbonyl (C=O) groups is 1. The second-order valence-electron chi connectivity index (χ2n) is 6.46. The molecule has 0 aliphatic heterocycles. The quantitative estimate of drug-likeness (QED) is 0.579. The maximum absolute atomic E-state index is 13.1. The van der Waals surface area contributed by atoms with Crippen LogP contribution in [0.1, 0.15) is 31.0 Å². The number of rotatable bonds is 7. The van der Waals surface area contributed by atoms with Gasteiger partial charge in [0, 0.05) is 18.2 Å². The molecule has 2 rings (SSSR count). The SMILES string of the molecule is Cc1ccc([N+](=O)[O-])cc1NC(=O)CN[C@H](c1ccc(F)cc1)C(C)C. The number of nitro groups is 1. The standard InChI is InChI=1S/C19H22FN3O3/c1-12(2)19(14-5-7-15(20)8-6-14)21-11-18(24)22-17-10-16(23(25)26)9-4-13(17)3/h4-10,12,19,21H,11H2,1-3H3,(H,22,24)/t19-/m0/s1. The summed E-state index contributed by atoms with van der Waals surface area (Å²) in [6.07, 6.45) is 0. The van der Waals surface area contributed by atoms with Crippen LogP contribution in [0.4, 0.5) is 15.8 Å². The highest BCUT2D eigenvalue weighted by Gasteiger charge is 2.17. The summed E-state index contributed by atoms with van der Waals surface area (Å²) in [6, 6.07) is 10.4. The lowest BCUT2D eigenvalue weighted by molar-refractivity contribution is -0.384. The Kier molecular flexibility index (Phi) is 6.41. The van der Waals surface area contributed by atoms with E-state index in [9.17, 15) is 19.3 Å². The molecule has 2 N–H and O–H groups in total. The summed E-state index contributed by atoms with van der Waals surface area (Å²) in [5.41, 5.74) is 1.96. The number of hydrogen-bond donors (Lipinski definition) is 2. The van der Waals surface area contributed by atoms with Crippen LogP contribution in [-0.4, -0.2) is 17.4 Å². The van der Waals surface area contributed by atoms with Crippen molar-refractivity contribution in [3.63, 3.8) is 0 Å². The van der Waals surface area contributed by atoms with Gasteiger partial charge in [0.2, 0.25) is 5.91 Å². The lowest BCUT2D eigenvalue weighted by Gasteiger charge is -2.23. The molecule has 0 aliphatic rings. The minimum Gasteiger partial charge on any atom is -0.324 e. The molecule has 138 valence electrons. The fourth-order valence-corrected chi connectivity index (χ4v) is 2.66. The Morgan fingerprint density at radius 3 is 2.42 bits per heavy atom. The Balaban J connectivity index is 2.04. The number of amides is 1. The summed E-state index contributed by atoms with van der Waals surface area (Å²) in [5.74, 6) is -0.427. The van der Waals surface area contributed by atoms with E-state index in [1.807, 2.05) is 13.8 Å². The smallest absolute Gasteiger partial charge is 0.271 e. The minimum atomic E-state index is -0.503. The van der Waals surface area contributed by atoms with E-state index < -0.39 is 4.92 Å². The number of aryl methyl sites for hydroxylation is 1. The van der Waals surface area contributed by atoms with Gasteiger partial charge in [-0.2, -0.15) is 0 Å². The van der Waals surface area contributed by atoms with Gasteiger partial charge in [0.05, 0.1) is 17.2 Å². The van der Waals surface area contributed by atoms with Crippen molar-refractivity contribution in [3.8, 4) is 0 Å². The van der Waals surface area contributed by atoms with Gasteiger partial charge in [-0.05, 0) is 36.1 Å². The first kappa shape index (κ1) is 19.5. The highest BCUT2D eigenvalue weighted by molar-refractivity contribution is 5.93. The van der Waals surface area contributed by atoms with E-state index in [1.54, 1.807) is 25.1 Å². The van der Waals surface area contributed by atoms with Gasteiger partial charge in [0.1, 0.15) is 5.82 Å². The van der Waals surface area contributed by atoms with E-state index in [0.717, 1.165) is 11.1 Å². The molecule has 0 radical (unpaired) electrons. The molecule has 0 fully saturated rings. The lowest BCUT2D eigenvalue weighted by atomic mass is 9.96. The van der Waals surface area contributed by atoms with Crippen LogP contribution in [0.3, 0.4) is 0 Å². The Morgan fingerprint density at radius 1 is 1.19 bits per heavy atom. The average molecular weight is 359 g/mol. The van der Waals surface area contributed by atoms with Gasteiger partial charge in [0.25, 0.3) is 5.69 Å². The summed E-state index contributed by atoms with van der Waals surface area (Å²) < 4.78 is 13.1. The Bertz CT molecular complexity index is 791. The third-order valence-electron chi connectivity index (χ3n) is 4.08. The van der Waals surface area contributed by atoms with E-state index >= 15 is 0 Å². The second-order valence-corrected chi connectivity index (χ2v) is 6.46. The molecule has 0 bridgehead atoms. The summed E-state index contributed by atoms with van der Waals surface area (Å²) in [7, 11) is 0. The van der Waals surface area contributed by atoms with E-state index in [-0.39, 0.29) is 35.9 Å². The number of nitrogens with zero attached hydrogens (tertiary/aromatic N) is 1. The Hall–Kier alpha value is -2.80. The van der Waals surface area contributed by atoms with Crippen molar-refractivity contribution in [2.75, 3.05) is 11.9 Å². The normalized spacial score (nSPS) is 12.0. The van der Waals surface area contributed by atoms with Crippen LogP contribution in [0.2, 0.25) is 0 Å². The predicted octanol–water partition coefficient (Wildman–Crippen LogP) is 3.97. The number of non-ortho nitro benzene ring substituents is 1. The van der Waals surface area contributed by atoms with Crippen LogP contribution < -0.4 is 10.6 Å². The van der Waals surface area contributed by atoms with Crippen LogP contribution in [-0.2, 0) is 4.79 Å². The predicted molar refractivity (Wildman–Crippen MR) is 98.4 cm³/mol. The number of nitrogens with one attached hydrogen (secondary N) is 2. The molecule has 2 aromatic rings. The van der Waals surface area contributed by atoms with Gasteiger partial charge >= 0.3 is 0 Å². The van der Waals surface area contributed by atoms with E-state index in [1.165, 1.54) is 24.3 Å². The third kappa shape index (κ3) is 5.10. The maximum atomic E-state index is 13.1.